The normalized spacial score (nSPS) is 39.0. The number of aryl methyl sites for hydroxylation is 1. The zero-order chi connectivity index (χ0) is 17.6. The lowest BCUT2D eigenvalue weighted by molar-refractivity contribution is -0.312. The third kappa shape index (κ3) is 2.79. The van der Waals surface area contributed by atoms with Gasteiger partial charge in [-0.05, 0) is 30.4 Å². The van der Waals surface area contributed by atoms with E-state index in [0.717, 1.165) is 5.56 Å². The molecule has 0 bridgehead atoms. The third-order valence-corrected chi connectivity index (χ3v) is 4.81. The van der Waals surface area contributed by atoms with Crippen molar-refractivity contribution in [3.05, 3.63) is 33.4 Å². The van der Waals surface area contributed by atoms with Crippen LogP contribution in [0.5, 0.6) is 0 Å². The molecule has 8 heteroatoms. The molecule has 0 saturated carbocycles. The molecule has 3 rings (SSSR count). The van der Waals surface area contributed by atoms with Crippen molar-refractivity contribution in [2.45, 2.75) is 63.0 Å². The highest BCUT2D eigenvalue weighted by molar-refractivity contribution is 5.38. The molecule has 1 aromatic heterocycles. The van der Waals surface area contributed by atoms with Crippen molar-refractivity contribution in [1.29, 1.82) is 0 Å². The van der Waals surface area contributed by atoms with E-state index in [0.29, 0.717) is 17.5 Å². The van der Waals surface area contributed by atoms with Crippen LogP contribution < -0.4 is 5.63 Å². The van der Waals surface area contributed by atoms with Gasteiger partial charge in [0.05, 0.1) is 19.0 Å². The number of fused-ring (bicyclic) bond motifs is 1. The number of aliphatic hydroxyl groups excluding tert-OH is 4. The largest absolute Gasteiger partial charge is 0.431 e. The van der Waals surface area contributed by atoms with Gasteiger partial charge in [-0.3, -0.25) is 0 Å². The molecule has 0 unspecified atom stereocenters. The fraction of sp³-hybridized carbons (Fsp3) is 0.688. The molecular formula is C16H22O8. The minimum Gasteiger partial charge on any atom is -0.431 e. The monoisotopic (exact) mass is 342 g/mol. The van der Waals surface area contributed by atoms with Crippen molar-refractivity contribution in [2.75, 3.05) is 6.61 Å². The topological polar surface area (TPSA) is 130 Å². The van der Waals surface area contributed by atoms with Crippen molar-refractivity contribution in [3.63, 3.8) is 0 Å². The highest BCUT2D eigenvalue weighted by atomic mass is 16.7. The maximum atomic E-state index is 12.0. The predicted molar refractivity (Wildman–Crippen MR) is 80.3 cm³/mol. The van der Waals surface area contributed by atoms with Gasteiger partial charge < -0.3 is 34.3 Å². The second kappa shape index (κ2) is 6.55. The summed E-state index contributed by atoms with van der Waals surface area (Å²) in [7, 11) is 0. The van der Waals surface area contributed by atoms with Gasteiger partial charge in [-0.1, -0.05) is 6.92 Å². The molecule has 4 N–H and O–H groups in total. The molecular weight excluding hydrogens is 320 g/mol. The van der Waals surface area contributed by atoms with Gasteiger partial charge in [0.2, 0.25) is 0 Å². The lowest BCUT2D eigenvalue weighted by Crippen LogP contribution is -2.59. The molecule has 0 radical (unpaired) electrons. The van der Waals surface area contributed by atoms with Crippen molar-refractivity contribution >= 4 is 0 Å². The van der Waals surface area contributed by atoms with Crippen molar-refractivity contribution in [3.8, 4) is 0 Å². The van der Waals surface area contributed by atoms with Gasteiger partial charge in [-0.15, -0.1) is 0 Å². The van der Waals surface area contributed by atoms with Gasteiger partial charge in [0.25, 0.3) is 0 Å². The summed E-state index contributed by atoms with van der Waals surface area (Å²) >= 11 is 0. The minimum atomic E-state index is -1.50. The molecule has 24 heavy (non-hydrogen) atoms. The van der Waals surface area contributed by atoms with Crippen LogP contribution in [0.1, 0.15) is 42.1 Å². The summed E-state index contributed by atoms with van der Waals surface area (Å²) < 4.78 is 16.2. The number of aliphatic hydroxyl groups is 4. The minimum absolute atomic E-state index is 0.0777. The standard InChI is InChI=1S/C16H22O8/c1-6-3-8(10-7(2)5-22-15(21)11(6)10)23-16-14(20)13(19)12(18)9(4-17)24-16/h5-6,8-9,12-14,16-20H,3-4H2,1-2H3/t6-,8+,9+,12+,13-,14+,16+/m0/s1. The van der Waals surface area contributed by atoms with Crippen LogP contribution in [0.25, 0.3) is 0 Å². The first-order valence-corrected chi connectivity index (χ1v) is 7.93. The van der Waals surface area contributed by atoms with Crippen molar-refractivity contribution in [2.24, 2.45) is 0 Å². The molecule has 1 fully saturated rings. The Morgan fingerprint density at radius 2 is 1.92 bits per heavy atom. The molecule has 0 spiro atoms. The van der Waals surface area contributed by atoms with Crippen LogP contribution in [0.15, 0.2) is 15.5 Å². The molecule has 0 amide bonds. The Labute approximate surface area is 138 Å². The molecule has 1 aliphatic heterocycles. The first-order chi connectivity index (χ1) is 11.3. The van der Waals surface area contributed by atoms with Crippen LogP contribution in [0.4, 0.5) is 0 Å². The summed E-state index contributed by atoms with van der Waals surface area (Å²) in [6.45, 7) is 3.15. The van der Waals surface area contributed by atoms with Gasteiger partial charge in [-0.25, -0.2) is 4.79 Å². The zero-order valence-electron chi connectivity index (χ0n) is 13.5. The van der Waals surface area contributed by atoms with Gasteiger partial charge in [-0.2, -0.15) is 0 Å². The van der Waals surface area contributed by atoms with E-state index in [4.69, 9.17) is 13.9 Å². The molecule has 2 heterocycles. The second-order valence-electron chi connectivity index (χ2n) is 6.49. The quantitative estimate of drug-likeness (QED) is 0.568. The van der Waals surface area contributed by atoms with E-state index in [9.17, 15) is 25.2 Å². The first kappa shape index (κ1) is 17.5. The fourth-order valence-corrected chi connectivity index (χ4v) is 3.51. The average molecular weight is 342 g/mol. The van der Waals surface area contributed by atoms with Crippen molar-refractivity contribution in [1.82, 2.24) is 0 Å². The van der Waals surface area contributed by atoms with E-state index in [-0.39, 0.29) is 5.92 Å². The van der Waals surface area contributed by atoms with E-state index >= 15 is 0 Å². The number of hydrogen-bond donors (Lipinski definition) is 4. The van der Waals surface area contributed by atoms with Gasteiger partial charge in [0, 0.05) is 5.56 Å². The second-order valence-corrected chi connectivity index (χ2v) is 6.49. The Morgan fingerprint density at radius 1 is 1.21 bits per heavy atom. The Hall–Kier alpha value is -1.29. The van der Waals surface area contributed by atoms with Crippen molar-refractivity contribution < 1.29 is 34.3 Å². The van der Waals surface area contributed by atoms with E-state index in [2.05, 4.69) is 0 Å². The molecule has 7 atom stereocenters. The molecule has 1 saturated heterocycles. The fourth-order valence-electron chi connectivity index (χ4n) is 3.51. The van der Waals surface area contributed by atoms with E-state index in [1.54, 1.807) is 6.92 Å². The van der Waals surface area contributed by atoms with E-state index in [1.807, 2.05) is 6.92 Å². The summed E-state index contributed by atoms with van der Waals surface area (Å²) in [6, 6.07) is 0. The Morgan fingerprint density at radius 3 is 2.58 bits per heavy atom. The molecule has 1 aliphatic carbocycles. The summed E-state index contributed by atoms with van der Waals surface area (Å²) in [5, 5.41) is 39.0. The Bertz CT molecular complexity index is 654. The van der Waals surface area contributed by atoms with Gasteiger partial charge in [0.1, 0.15) is 24.4 Å². The summed E-state index contributed by atoms with van der Waals surface area (Å²) in [5.74, 6) is -0.0777. The van der Waals surface area contributed by atoms with E-state index in [1.165, 1.54) is 6.26 Å². The third-order valence-electron chi connectivity index (χ3n) is 4.81. The highest BCUT2D eigenvalue weighted by Crippen LogP contribution is 2.43. The van der Waals surface area contributed by atoms with Gasteiger partial charge in [0.15, 0.2) is 6.29 Å². The summed E-state index contributed by atoms with van der Waals surface area (Å²) in [4.78, 5) is 12.0. The molecule has 1 aromatic rings. The maximum absolute atomic E-state index is 12.0. The average Bonchev–Trinajstić information content (AvgIpc) is 2.89. The summed E-state index contributed by atoms with van der Waals surface area (Å²) in [6.07, 6.45) is -5.32. The molecule has 134 valence electrons. The number of rotatable bonds is 3. The molecule has 0 aromatic carbocycles. The smallest absolute Gasteiger partial charge is 0.339 e. The molecule has 8 nitrogen and oxygen atoms in total. The lowest BCUT2D eigenvalue weighted by Gasteiger charge is -2.40. The summed E-state index contributed by atoms with van der Waals surface area (Å²) in [5.41, 5.74) is 1.59. The Kier molecular flexibility index (Phi) is 4.78. The Balaban J connectivity index is 1.86. The number of ether oxygens (including phenoxy) is 2. The first-order valence-electron chi connectivity index (χ1n) is 7.93. The van der Waals surface area contributed by atoms with Crippen LogP contribution >= 0.6 is 0 Å². The zero-order valence-corrected chi connectivity index (χ0v) is 13.5. The van der Waals surface area contributed by atoms with Crippen LogP contribution in [-0.2, 0) is 9.47 Å². The van der Waals surface area contributed by atoms with Crippen LogP contribution in [-0.4, -0.2) is 57.7 Å². The van der Waals surface area contributed by atoms with E-state index < -0.39 is 49.0 Å². The number of hydrogen-bond acceptors (Lipinski definition) is 8. The SMILES string of the molecule is Cc1coc(=O)c2c1[C@H](O[C@@H]1O[C@H](CO)[C@@H](O)[C@H](O)[C@H]1O)C[C@@H]2C. The molecule has 2 aliphatic rings. The van der Waals surface area contributed by atoms with Crippen LogP contribution in [0, 0.1) is 6.92 Å². The van der Waals surface area contributed by atoms with Gasteiger partial charge >= 0.3 is 5.63 Å². The maximum Gasteiger partial charge on any atom is 0.339 e. The van der Waals surface area contributed by atoms with Crippen LogP contribution in [0.2, 0.25) is 0 Å². The van der Waals surface area contributed by atoms with Crippen LogP contribution in [0.3, 0.4) is 0 Å². The predicted octanol–water partition coefficient (Wildman–Crippen LogP) is -0.687. The lowest BCUT2D eigenvalue weighted by atomic mass is 9.99. The highest BCUT2D eigenvalue weighted by Gasteiger charge is 2.46.